The van der Waals surface area contributed by atoms with Crippen molar-refractivity contribution < 1.29 is 4.79 Å². The van der Waals surface area contributed by atoms with E-state index >= 15 is 0 Å². The zero-order chi connectivity index (χ0) is 17.6. The maximum Gasteiger partial charge on any atom is 0.258 e. The van der Waals surface area contributed by atoms with Crippen molar-refractivity contribution in [2.75, 3.05) is 5.32 Å². The first kappa shape index (κ1) is 17.7. The number of carbonyl (C=O) groups excluding carboxylic acids is 1. The van der Waals surface area contributed by atoms with Gasteiger partial charge in [-0.15, -0.1) is 0 Å². The Balaban J connectivity index is 1.78. The monoisotopic (exact) mass is 389 g/mol. The fourth-order valence-electron chi connectivity index (χ4n) is 2.13. The lowest BCUT2D eigenvalue weighted by Gasteiger charge is -2.11. The second kappa shape index (κ2) is 8.34. The molecule has 2 aromatic heterocycles. The molecule has 4 nitrogen and oxygen atoms in total. The molecule has 25 heavy (non-hydrogen) atoms. The number of anilines is 1. The van der Waals surface area contributed by atoms with Crippen molar-refractivity contribution in [1.82, 2.24) is 9.97 Å². The first-order valence-electron chi connectivity index (χ1n) is 7.38. The van der Waals surface area contributed by atoms with Crippen LogP contribution < -0.4 is 5.32 Å². The molecule has 7 heteroatoms. The van der Waals surface area contributed by atoms with Gasteiger partial charge in [-0.05, 0) is 36.4 Å². The van der Waals surface area contributed by atoms with Gasteiger partial charge in [0.15, 0.2) is 0 Å². The zero-order valence-electron chi connectivity index (χ0n) is 12.9. The van der Waals surface area contributed by atoms with Crippen LogP contribution in [0.3, 0.4) is 0 Å². The van der Waals surface area contributed by atoms with Gasteiger partial charge < -0.3 is 5.32 Å². The van der Waals surface area contributed by atoms with Gasteiger partial charge in [-0.1, -0.05) is 47.1 Å². The summed E-state index contributed by atoms with van der Waals surface area (Å²) >= 11 is 13.7. The van der Waals surface area contributed by atoms with Crippen molar-refractivity contribution in [3.05, 3.63) is 82.2 Å². The summed E-state index contributed by atoms with van der Waals surface area (Å²) in [4.78, 5) is 21.2. The fraction of sp³-hybridized carbons (Fsp3) is 0.0556. The summed E-state index contributed by atoms with van der Waals surface area (Å²) in [5.41, 5.74) is 1.78. The average Bonchev–Trinajstić information content (AvgIpc) is 2.62. The molecule has 0 unspecified atom stereocenters. The van der Waals surface area contributed by atoms with Crippen LogP contribution in [0.25, 0.3) is 0 Å². The van der Waals surface area contributed by atoms with Crippen molar-refractivity contribution in [2.45, 2.75) is 10.8 Å². The van der Waals surface area contributed by atoms with Crippen molar-refractivity contribution in [3.8, 4) is 0 Å². The fourth-order valence-corrected chi connectivity index (χ4v) is 3.56. The molecule has 0 fully saturated rings. The molecule has 0 aliphatic heterocycles. The van der Waals surface area contributed by atoms with Crippen LogP contribution in [0.2, 0.25) is 10.0 Å². The van der Waals surface area contributed by atoms with E-state index in [1.54, 1.807) is 42.7 Å². The minimum absolute atomic E-state index is 0.246. The van der Waals surface area contributed by atoms with Crippen LogP contribution in [-0.4, -0.2) is 15.9 Å². The highest BCUT2D eigenvalue weighted by Crippen LogP contribution is 2.29. The predicted molar refractivity (Wildman–Crippen MR) is 102 cm³/mol. The normalized spacial score (nSPS) is 10.5. The number of thioether (sulfide) groups is 1. The molecule has 0 radical (unpaired) electrons. The van der Waals surface area contributed by atoms with E-state index in [4.69, 9.17) is 23.2 Å². The van der Waals surface area contributed by atoms with Gasteiger partial charge in [0.25, 0.3) is 5.91 Å². The van der Waals surface area contributed by atoms with E-state index in [2.05, 4.69) is 15.3 Å². The molecule has 3 aromatic rings. The third-order valence-electron chi connectivity index (χ3n) is 3.29. The maximum atomic E-state index is 12.6. The highest BCUT2D eigenvalue weighted by Gasteiger charge is 2.16. The van der Waals surface area contributed by atoms with Crippen LogP contribution in [-0.2, 0) is 5.75 Å². The number of amides is 1. The van der Waals surface area contributed by atoms with E-state index in [0.29, 0.717) is 26.5 Å². The van der Waals surface area contributed by atoms with E-state index in [1.165, 1.54) is 11.8 Å². The molecule has 2 heterocycles. The van der Waals surface area contributed by atoms with Gasteiger partial charge in [-0.25, -0.2) is 4.98 Å². The average molecular weight is 390 g/mol. The standard InChI is InChI=1S/C18H13Cl2N3OS/c19-13-6-3-7-14(20)16(13)17(24)23-15-8-4-10-22-18(15)25-11-12-5-1-2-9-21-12/h1-10H,11H2,(H,23,24). The second-order valence-corrected chi connectivity index (χ2v) is 6.80. The number of halogens is 2. The number of hydrogen-bond acceptors (Lipinski definition) is 4. The number of pyridine rings is 2. The molecule has 1 amide bonds. The van der Waals surface area contributed by atoms with Gasteiger partial charge >= 0.3 is 0 Å². The first-order valence-corrected chi connectivity index (χ1v) is 9.12. The third kappa shape index (κ3) is 4.51. The Morgan fingerprint density at radius 1 is 0.960 bits per heavy atom. The highest BCUT2D eigenvalue weighted by molar-refractivity contribution is 7.98. The van der Waals surface area contributed by atoms with Crippen LogP contribution in [0.5, 0.6) is 0 Å². The molecule has 0 aliphatic rings. The SMILES string of the molecule is O=C(Nc1cccnc1SCc1ccccn1)c1c(Cl)cccc1Cl. The molecule has 1 aromatic carbocycles. The highest BCUT2D eigenvalue weighted by atomic mass is 35.5. The molecule has 0 saturated heterocycles. The van der Waals surface area contributed by atoms with Gasteiger partial charge in [0.05, 0.1) is 27.0 Å². The number of nitrogens with zero attached hydrogens (tertiary/aromatic N) is 2. The van der Waals surface area contributed by atoms with Gasteiger partial charge in [0, 0.05) is 18.1 Å². The zero-order valence-corrected chi connectivity index (χ0v) is 15.3. The van der Waals surface area contributed by atoms with Crippen LogP contribution >= 0.6 is 35.0 Å². The first-order chi connectivity index (χ1) is 12.1. The summed E-state index contributed by atoms with van der Waals surface area (Å²) < 4.78 is 0. The van der Waals surface area contributed by atoms with Crippen LogP contribution in [0.4, 0.5) is 5.69 Å². The lowest BCUT2D eigenvalue weighted by molar-refractivity contribution is 0.102. The third-order valence-corrected chi connectivity index (χ3v) is 4.96. The molecule has 0 atom stereocenters. The Morgan fingerprint density at radius 3 is 2.44 bits per heavy atom. The van der Waals surface area contributed by atoms with E-state index in [-0.39, 0.29) is 11.5 Å². The Kier molecular flexibility index (Phi) is 5.91. The van der Waals surface area contributed by atoms with Crippen LogP contribution in [0.15, 0.2) is 66.0 Å². The number of carbonyl (C=O) groups is 1. The van der Waals surface area contributed by atoms with Crippen molar-refractivity contribution in [3.63, 3.8) is 0 Å². The molecule has 1 N–H and O–H groups in total. The van der Waals surface area contributed by atoms with Gasteiger partial charge in [0.1, 0.15) is 5.03 Å². The van der Waals surface area contributed by atoms with Crippen molar-refractivity contribution in [2.24, 2.45) is 0 Å². The molecule has 0 bridgehead atoms. The van der Waals surface area contributed by atoms with Crippen LogP contribution in [0.1, 0.15) is 16.1 Å². The lowest BCUT2D eigenvalue weighted by Crippen LogP contribution is -2.14. The van der Waals surface area contributed by atoms with E-state index in [0.717, 1.165) is 5.69 Å². The van der Waals surface area contributed by atoms with E-state index in [1.807, 2.05) is 18.2 Å². The summed E-state index contributed by atoms with van der Waals surface area (Å²) in [5.74, 6) is 0.274. The van der Waals surface area contributed by atoms with Crippen molar-refractivity contribution in [1.29, 1.82) is 0 Å². The summed E-state index contributed by atoms with van der Waals surface area (Å²) in [7, 11) is 0. The molecule has 3 rings (SSSR count). The van der Waals surface area contributed by atoms with E-state index in [9.17, 15) is 4.79 Å². The van der Waals surface area contributed by atoms with Gasteiger partial charge in [0.2, 0.25) is 0 Å². The minimum Gasteiger partial charge on any atom is -0.320 e. The lowest BCUT2D eigenvalue weighted by atomic mass is 10.2. The summed E-state index contributed by atoms with van der Waals surface area (Å²) in [6.45, 7) is 0. The summed E-state index contributed by atoms with van der Waals surface area (Å²) in [5, 5.41) is 4.14. The van der Waals surface area contributed by atoms with Gasteiger partial charge in [-0.3, -0.25) is 9.78 Å². The summed E-state index contributed by atoms with van der Waals surface area (Å²) in [6.07, 6.45) is 3.43. The smallest absolute Gasteiger partial charge is 0.258 e. The number of hydrogen-bond donors (Lipinski definition) is 1. The largest absolute Gasteiger partial charge is 0.320 e. The van der Waals surface area contributed by atoms with E-state index < -0.39 is 0 Å². The van der Waals surface area contributed by atoms with Crippen molar-refractivity contribution >= 4 is 46.6 Å². The second-order valence-electron chi connectivity index (χ2n) is 5.02. The Labute approximate surface area is 159 Å². The molecule has 0 spiro atoms. The topological polar surface area (TPSA) is 54.9 Å². The number of nitrogens with one attached hydrogen (secondary N) is 1. The minimum atomic E-state index is -0.372. The maximum absolute atomic E-state index is 12.6. The molecule has 0 aliphatic carbocycles. The predicted octanol–water partition coefficient (Wildman–Crippen LogP) is 5.33. The number of aromatic nitrogens is 2. The molecular weight excluding hydrogens is 377 g/mol. The number of rotatable bonds is 5. The molecule has 126 valence electrons. The molecule has 0 saturated carbocycles. The number of benzene rings is 1. The molecular formula is C18H13Cl2N3OS. The van der Waals surface area contributed by atoms with Gasteiger partial charge in [-0.2, -0.15) is 0 Å². The summed E-state index contributed by atoms with van der Waals surface area (Å²) in [6, 6.07) is 14.2. The Morgan fingerprint density at radius 2 is 1.72 bits per heavy atom. The Bertz CT molecular complexity index is 870. The Hall–Kier alpha value is -2.08. The van der Waals surface area contributed by atoms with Crippen LogP contribution in [0, 0.1) is 0 Å². The quantitative estimate of drug-likeness (QED) is 0.599.